The van der Waals surface area contributed by atoms with Gasteiger partial charge in [-0.15, -0.1) is 0 Å². The number of rotatable bonds is 6. The first-order valence-corrected chi connectivity index (χ1v) is 10.3. The predicted molar refractivity (Wildman–Crippen MR) is 115 cm³/mol. The molecule has 0 saturated heterocycles. The van der Waals surface area contributed by atoms with E-state index in [0.717, 1.165) is 27.9 Å². The molecule has 6 heteroatoms. The van der Waals surface area contributed by atoms with Crippen LogP contribution in [-0.2, 0) is 32.2 Å². The molecule has 4 rings (SSSR count). The zero-order valence-electron chi connectivity index (χ0n) is 17.5. The predicted octanol–water partition coefficient (Wildman–Crippen LogP) is 3.71. The number of amides is 1. The van der Waals surface area contributed by atoms with E-state index < -0.39 is 0 Å². The molecule has 2 aromatic rings. The second-order valence-corrected chi connectivity index (χ2v) is 7.84. The zero-order chi connectivity index (χ0) is 21.3. The van der Waals surface area contributed by atoms with Gasteiger partial charge >= 0.3 is 5.97 Å². The molecule has 0 radical (unpaired) electrons. The Bertz CT molecular complexity index is 1030. The molecule has 0 saturated carbocycles. The molecule has 156 valence electrons. The van der Waals surface area contributed by atoms with E-state index in [0.29, 0.717) is 31.1 Å². The molecule has 2 aliphatic rings. The molecule has 1 amide bonds. The fourth-order valence-electron chi connectivity index (χ4n) is 3.93. The Kier molecular flexibility index (Phi) is 5.59. The van der Waals surface area contributed by atoms with Crippen LogP contribution in [0.5, 0.6) is 0 Å². The summed E-state index contributed by atoms with van der Waals surface area (Å²) in [4.78, 5) is 24.7. The number of benzene rings is 2. The molecule has 2 aliphatic heterocycles. The number of hydrogen-bond acceptors (Lipinski definition) is 5. The second kappa shape index (κ2) is 8.32. The van der Waals surface area contributed by atoms with Crippen LogP contribution in [0, 0.1) is 5.92 Å². The van der Waals surface area contributed by atoms with Gasteiger partial charge in [0.25, 0.3) is 5.91 Å². The van der Waals surface area contributed by atoms with Gasteiger partial charge in [0.2, 0.25) is 0 Å². The van der Waals surface area contributed by atoms with E-state index in [1.165, 1.54) is 0 Å². The number of anilines is 1. The van der Waals surface area contributed by atoms with E-state index in [2.05, 4.69) is 16.7 Å². The molecule has 0 aliphatic carbocycles. The van der Waals surface area contributed by atoms with Gasteiger partial charge in [0, 0.05) is 28.9 Å². The third-order valence-electron chi connectivity index (χ3n) is 5.42. The summed E-state index contributed by atoms with van der Waals surface area (Å²) in [6.45, 7) is 7.13. The van der Waals surface area contributed by atoms with Gasteiger partial charge in [-0.2, -0.15) is 0 Å². The largest absolute Gasteiger partial charge is 0.487 e. The van der Waals surface area contributed by atoms with Crippen molar-refractivity contribution in [1.29, 1.82) is 0 Å². The van der Waals surface area contributed by atoms with Gasteiger partial charge in [-0.25, -0.2) is 0 Å². The van der Waals surface area contributed by atoms with Crippen LogP contribution in [0.4, 0.5) is 5.69 Å². The van der Waals surface area contributed by atoms with Crippen LogP contribution in [0.1, 0.15) is 43.0 Å². The highest BCUT2D eigenvalue weighted by Crippen LogP contribution is 2.41. The topological polar surface area (TPSA) is 76.7 Å². The van der Waals surface area contributed by atoms with Gasteiger partial charge < -0.3 is 20.1 Å². The molecular formula is C24H26N2O4. The normalized spacial score (nSPS) is 17.9. The minimum Gasteiger partial charge on any atom is -0.487 e. The molecule has 6 nitrogen and oxygen atoms in total. The molecule has 0 fully saturated rings. The van der Waals surface area contributed by atoms with Crippen molar-refractivity contribution in [3.8, 4) is 0 Å². The minimum atomic E-state index is -0.356. The molecule has 2 aromatic carbocycles. The number of carbonyl (C=O) groups excluding carboxylic acids is 2. The van der Waals surface area contributed by atoms with Crippen LogP contribution < -0.4 is 10.6 Å². The Morgan fingerprint density at radius 1 is 1.20 bits per heavy atom. The molecule has 30 heavy (non-hydrogen) atoms. The van der Waals surface area contributed by atoms with Crippen molar-refractivity contribution in [2.45, 2.75) is 40.0 Å². The van der Waals surface area contributed by atoms with E-state index in [-0.39, 0.29) is 23.8 Å². The monoisotopic (exact) mass is 406 g/mol. The third kappa shape index (κ3) is 3.71. The lowest BCUT2D eigenvalue weighted by Gasteiger charge is -2.20. The summed E-state index contributed by atoms with van der Waals surface area (Å²) in [6, 6.07) is 13.3. The van der Waals surface area contributed by atoms with Gasteiger partial charge in [0.1, 0.15) is 18.4 Å². The standard InChI is InChI=1S/C24H26N2O4/c1-4-29-24(28)21(14(2)3)25-12-15-9-10-17-16(11-15)13-30-22(17)20-18-7-5-6-8-19(18)26-23(20)27/h5-11,14,21,25H,4,12-13H2,1-3H3,(H,26,27)/t21-/m0/s1. The van der Waals surface area contributed by atoms with E-state index in [1.54, 1.807) is 0 Å². The summed E-state index contributed by atoms with van der Waals surface area (Å²) >= 11 is 0. The number of esters is 1. The van der Waals surface area contributed by atoms with Crippen LogP contribution in [0.3, 0.4) is 0 Å². The molecule has 2 N–H and O–H groups in total. The van der Waals surface area contributed by atoms with Crippen molar-refractivity contribution in [2.75, 3.05) is 11.9 Å². The number of carbonyl (C=O) groups is 2. The number of fused-ring (bicyclic) bond motifs is 2. The molecule has 1 atom stereocenters. The highest BCUT2D eigenvalue weighted by Gasteiger charge is 2.32. The first-order valence-electron chi connectivity index (χ1n) is 10.3. The lowest BCUT2D eigenvalue weighted by atomic mass is 9.98. The Labute approximate surface area is 176 Å². The van der Waals surface area contributed by atoms with Gasteiger partial charge in [0.05, 0.1) is 12.2 Å². The first-order chi connectivity index (χ1) is 14.5. The Hall–Kier alpha value is -3.12. The Morgan fingerprint density at radius 3 is 2.77 bits per heavy atom. The van der Waals surface area contributed by atoms with E-state index in [4.69, 9.17) is 9.47 Å². The van der Waals surface area contributed by atoms with Crippen LogP contribution in [0.2, 0.25) is 0 Å². The van der Waals surface area contributed by atoms with Crippen LogP contribution in [0.25, 0.3) is 11.3 Å². The number of para-hydroxylation sites is 1. The highest BCUT2D eigenvalue weighted by molar-refractivity contribution is 6.36. The zero-order valence-corrected chi connectivity index (χ0v) is 17.5. The summed E-state index contributed by atoms with van der Waals surface area (Å²) in [7, 11) is 0. The summed E-state index contributed by atoms with van der Waals surface area (Å²) in [5, 5.41) is 6.21. The van der Waals surface area contributed by atoms with E-state index >= 15 is 0 Å². The molecule has 0 aromatic heterocycles. The molecule has 2 heterocycles. The summed E-state index contributed by atoms with van der Waals surface area (Å²) in [5.74, 6) is 0.381. The highest BCUT2D eigenvalue weighted by atomic mass is 16.5. The number of ether oxygens (including phenoxy) is 2. The third-order valence-corrected chi connectivity index (χ3v) is 5.42. The maximum absolute atomic E-state index is 12.6. The fraction of sp³-hybridized carbons (Fsp3) is 0.333. The van der Waals surface area contributed by atoms with Crippen LogP contribution >= 0.6 is 0 Å². The number of hydrogen-bond donors (Lipinski definition) is 2. The lowest BCUT2D eigenvalue weighted by Crippen LogP contribution is -2.41. The molecule has 0 spiro atoms. The fourth-order valence-corrected chi connectivity index (χ4v) is 3.93. The summed E-state index contributed by atoms with van der Waals surface area (Å²) in [6.07, 6.45) is 0. The number of nitrogens with one attached hydrogen (secondary N) is 2. The van der Waals surface area contributed by atoms with E-state index in [1.807, 2.05) is 57.2 Å². The van der Waals surface area contributed by atoms with Crippen molar-refractivity contribution in [3.63, 3.8) is 0 Å². The van der Waals surface area contributed by atoms with Crippen molar-refractivity contribution in [3.05, 3.63) is 64.7 Å². The Morgan fingerprint density at radius 2 is 2.00 bits per heavy atom. The van der Waals surface area contributed by atoms with Crippen molar-refractivity contribution in [1.82, 2.24) is 5.32 Å². The molecule has 0 unspecified atom stereocenters. The minimum absolute atomic E-state index is 0.124. The quantitative estimate of drug-likeness (QED) is 0.565. The maximum atomic E-state index is 12.6. The van der Waals surface area contributed by atoms with Crippen molar-refractivity contribution in [2.24, 2.45) is 5.92 Å². The van der Waals surface area contributed by atoms with Crippen LogP contribution in [0.15, 0.2) is 42.5 Å². The summed E-state index contributed by atoms with van der Waals surface area (Å²) in [5.41, 5.74) is 5.27. The average Bonchev–Trinajstić information content (AvgIpc) is 3.27. The molecule has 0 bridgehead atoms. The smallest absolute Gasteiger partial charge is 0.323 e. The maximum Gasteiger partial charge on any atom is 0.323 e. The van der Waals surface area contributed by atoms with E-state index in [9.17, 15) is 9.59 Å². The van der Waals surface area contributed by atoms with Gasteiger partial charge in [0.15, 0.2) is 0 Å². The second-order valence-electron chi connectivity index (χ2n) is 7.84. The van der Waals surface area contributed by atoms with Crippen molar-refractivity contribution < 1.29 is 19.1 Å². The van der Waals surface area contributed by atoms with Crippen molar-refractivity contribution >= 4 is 28.9 Å². The molecular weight excluding hydrogens is 380 g/mol. The van der Waals surface area contributed by atoms with Crippen LogP contribution in [-0.4, -0.2) is 24.5 Å². The van der Waals surface area contributed by atoms with Gasteiger partial charge in [-0.1, -0.05) is 50.2 Å². The summed E-state index contributed by atoms with van der Waals surface area (Å²) < 4.78 is 11.1. The lowest BCUT2D eigenvalue weighted by molar-refractivity contribution is -0.146. The SMILES string of the molecule is CCOC(=O)[C@@H](NCc1ccc2c(c1)COC2=C1C(=O)Nc2ccccc21)C(C)C. The first kappa shape index (κ1) is 20.2. The van der Waals surface area contributed by atoms with Gasteiger partial charge in [-0.05, 0) is 24.5 Å². The average molecular weight is 406 g/mol. The Balaban J connectivity index is 1.56. The van der Waals surface area contributed by atoms with Gasteiger partial charge in [-0.3, -0.25) is 9.59 Å².